The van der Waals surface area contributed by atoms with Crippen molar-refractivity contribution in [3.05, 3.63) is 59.9 Å². The third-order valence-corrected chi connectivity index (χ3v) is 2.22. The first-order valence-corrected chi connectivity index (χ1v) is 5.32. The number of nitrogens with two attached hydrogens (primary N) is 1. The van der Waals surface area contributed by atoms with Crippen LogP contribution in [0, 0.1) is 13.8 Å². The van der Waals surface area contributed by atoms with Crippen molar-refractivity contribution in [2.75, 3.05) is 5.73 Å². The molecule has 84 valence electrons. The Hall–Kier alpha value is -1.83. The molecule has 0 spiro atoms. The number of aromatic nitrogens is 1. The van der Waals surface area contributed by atoms with E-state index in [1.54, 1.807) is 0 Å². The average molecular weight is 215 g/mol. The van der Waals surface area contributed by atoms with Crippen molar-refractivity contribution < 1.29 is 4.57 Å². The van der Waals surface area contributed by atoms with E-state index in [0.29, 0.717) is 0 Å². The van der Waals surface area contributed by atoms with Gasteiger partial charge in [0, 0.05) is 17.8 Å². The van der Waals surface area contributed by atoms with Gasteiger partial charge in [0.1, 0.15) is 7.05 Å². The second-order valence-corrected chi connectivity index (χ2v) is 3.95. The number of hydrogen-bond donors (Lipinski definition) is 1. The summed E-state index contributed by atoms with van der Waals surface area (Å²) in [6, 6.07) is 12.0. The molecule has 16 heavy (non-hydrogen) atoms. The van der Waals surface area contributed by atoms with Crippen LogP contribution in [0.3, 0.4) is 0 Å². The molecule has 1 heterocycles. The van der Waals surface area contributed by atoms with E-state index in [4.69, 9.17) is 5.73 Å². The number of nitrogens with zero attached hydrogens (tertiary/aromatic N) is 1. The van der Waals surface area contributed by atoms with Crippen LogP contribution in [-0.4, -0.2) is 0 Å². The quantitative estimate of drug-likeness (QED) is 0.531. The smallest absolute Gasteiger partial charge is 0.168 e. The summed E-state index contributed by atoms with van der Waals surface area (Å²) >= 11 is 0. The standard InChI is InChI=1S/C7H10N.C7H9N/c1-7-3-5-8(2)6-4-7;1-6-2-4-7(8)5-3-6/h3-6H,1-2H3;2-5H,8H2,1H3/q+1;. The summed E-state index contributed by atoms with van der Waals surface area (Å²) in [5, 5.41) is 0. The van der Waals surface area contributed by atoms with E-state index in [9.17, 15) is 0 Å². The Bertz CT molecular complexity index is 330. The van der Waals surface area contributed by atoms with Gasteiger partial charge in [-0.05, 0) is 31.5 Å². The van der Waals surface area contributed by atoms with Crippen LogP contribution in [0.2, 0.25) is 0 Å². The lowest BCUT2D eigenvalue weighted by atomic mass is 10.2. The second kappa shape index (κ2) is 5.91. The molecular formula is C14H19N2+. The fourth-order valence-electron chi connectivity index (χ4n) is 1.14. The van der Waals surface area contributed by atoms with Crippen molar-refractivity contribution in [2.45, 2.75) is 13.8 Å². The third-order valence-electron chi connectivity index (χ3n) is 2.22. The lowest BCUT2D eigenvalue weighted by Crippen LogP contribution is -2.25. The van der Waals surface area contributed by atoms with Crippen molar-refractivity contribution in [1.29, 1.82) is 0 Å². The maximum Gasteiger partial charge on any atom is 0.168 e. The molecule has 0 fully saturated rings. The highest BCUT2D eigenvalue weighted by molar-refractivity contribution is 5.38. The minimum absolute atomic E-state index is 0.829. The highest BCUT2D eigenvalue weighted by atomic mass is 14.9. The number of anilines is 1. The van der Waals surface area contributed by atoms with Crippen LogP contribution in [0.25, 0.3) is 0 Å². The van der Waals surface area contributed by atoms with Gasteiger partial charge in [0.25, 0.3) is 0 Å². The largest absolute Gasteiger partial charge is 0.399 e. The van der Waals surface area contributed by atoms with Crippen molar-refractivity contribution in [3.8, 4) is 0 Å². The molecule has 0 aliphatic carbocycles. The minimum Gasteiger partial charge on any atom is -0.399 e. The van der Waals surface area contributed by atoms with E-state index in [1.165, 1.54) is 11.1 Å². The van der Waals surface area contributed by atoms with Crippen molar-refractivity contribution >= 4 is 5.69 Å². The molecule has 0 amide bonds. The van der Waals surface area contributed by atoms with Gasteiger partial charge in [-0.3, -0.25) is 0 Å². The van der Waals surface area contributed by atoms with Gasteiger partial charge >= 0.3 is 0 Å². The van der Waals surface area contributed by atoms with E-state index in [1.807, 2.05) is 55.2 Å². The number of hydrogen-bond acceptors (Lipinski definition) is 1. The zero-order valence-electron chi connectivity index (χ0n) is 10.1. The van der Waals surface area contributed by atoms with E-state index < -0.39 is 0 Å². The maximum absolute atomic E-state index is 5.43. The molecule has 2 rings (SSSR count). The molecule has 0 saturated heterocycles. The molecule has 0 bridgehead atoms. The van der Waals surface area contributed by atoms with E-state index in [-0.39, 0.29) is 0 Å². The Morgan fingerprint density at radius 2 is 1.25 bits per heavy atom. The van der Waals surface area contributed by atoms with E-state index >= 15 is 0 Å². The Morgan fingerprint density at radius 1 is 0.812 bits per heavy atom. The molecule has 2 aromatic rings. The number of rotatable bonds is 0. The summed E-state index contributed by atoms with van der Waals surface area (Å²) in [4.78, 5) is 0. The topological polar surface area (TPSA) is 29.9 Å². The lowest BCUT2D eigenvalue weighted by Gasteiger charge is -1.90. The van der Waals surface area contributed by atoms with Crippen LogP contribution in [0.15, 0.2) is 48.8 Å². The molecule has 2 N–H and O–H groups in total. The van der Waals surface area contributed by atoms with Crippen molar-refractivity contribution in [1.82, 2.24) is 0 Å². The number of nitrogen functional groups attached to an aromatic ring is 1. The zero-order chi connectivity index (χ0) is 12.0. The third kappa shape index (κ3) is 4.60. The number of pyridine rings is 1. The summed E-state index contributed by atoms with van der Waals surface area (Å²) < 4.78 is 2.02. The molecule has 0 aliphatic heterocycles. The Kier molecular flexibility index (Phi) is 4.52. The van der Waals surface area contributed by atoms with Crippen LogP contribution >= 0.6 is 0 Å². The normalized spacial score (nSPS) is 9.19. The van der Waals surface area contributed by atoms with Crippen LogP contribution in [0.4, 0.5) is 5.69 Å². The van der Waals surface area contributed by atoms with Crippen molar-refractivity contribution in [2.24, 2.45) is 7.05 Å². The van der Waals surface area contributed by atoms with Gasteiger partial charge in [-0.15, -0.1) is 0 Å². The first-order chi connectivity index (χ1) is 7.58. The Labute approximate surface area is 97.4 Å². The monoisotopic (exact) mass is 215 g/mol. The molecule has 0 atom stereocenters. The molecule has 1 aromatic heterocycles. The van der Waals surface area contributed by atoms with E-state index in [2.05, 4.69) is 19.1 Å². The van der Waals surface area contributed by atoms with Crippen LogP contribution in [-0.2, 0) is 7.05 Å². The maximum atomic E-state index is 5.43. The van der Waals surface area contributed by atoms with Gasteiger partial charge in [0.05, 0.1) is 0 Å². The SMILES string of the molecule is Cc1cc[n+](C)cc1.Cc1ccc(N)cc1. The molecule has 1 aromatic carbocycles. The highest BCUT2D eigenvalue weighted by Crippen LogP contribution is 2.02. The fraction of sp³-hybridized carbons (Fsp3) is 0.214. The second-order valence-electron chi connectivity index (χ2n) is 3.95. The van der Waals surface area contributed by atoms with Gasteiger partial charge in [0.2, 0.25) is 0 Å². The minimum atomic E-state index is 0.829. The summed E-state index contributed by atoms with van der Waals surface area (Å²) in [7, 11) is 2.01. The molecule has 0 aliphatic rings. The molecular weight excluding hydrogens is 196 g/mol. The van der Waals surface area contributed by atoms with Gasteiger partial charge in [-0.2, -0.15) is 0 Å². The first-order valence-electron chi connectivity index (χ1n) is 5.32. The Morgan fingerprint density at radius 3 is 1.62 bits per heavy atom. The van der Waals surface area contributed by atoms with Gasteiger partial charge in [-0.25, -0.2) is 4.57 Å². The van der Waals surface area contributed by atoms with Crippen LogP contribution in [0.5, 0.6) is 0 Å². The highest BCUT2D eigenvalue weighted by Gasteiger charge is 1.85. The Balaban J connectivity index is 0.000000160. The van der Waals surface area contributed by atoms with Gasteiger partial charge in [0.15, 0.2) is 12.4 Å². The van der Waals surface area contributed by atoms with Gasteiger partial charge < -0.3 is 5.73 Å². The lowest BCUT2D eigenvalue weighted by molar-refractivity contribution is -0.671. The molecule has 2 nitrogen and oxygen atoms in total. The predicted molar refractivity (Wildman–Crippen MR) is 67.9 cm³/mol. The van der Waals surface area contributed by atoms with Crippen molar-refractivity contribution in [3.63, 3.8) is 0 Å². The summed E-state index contributed by atoms with van der Waals surface area (Å²) in [5.74, 6) is 0. The van der Waals surface area contributed by atoms with E-state index in [0.717, 1.165) is 5.69 Å². The molecule has 0 saturated carbocycles. The summed E-state index contributed by atoms with van der Waals surface area (Å²) in [6.45, 7) is 4.12. The zero-order valence-corrected chi connectivity index (χ0v) is 10.1. The molecule has 0 unspecified atom stereocenters. The summed E-state index contributed by atoms with van der Waals surface area (Å²) in [5.41, 5.74) is 8.81. The molecule has 2 heteroatoms. The van der Waals surface area contributed by atoms with Crippen LogP contribution in [0.1, 0.15) is 11.1 Å². The van der Waals surface area contributed by atoms with Gasteiger partial charge in [-0.1, -0.05) is 17.7 Å². The fourth-order valence-corrected chi connectivity index (χ4v) is 1.14. The van der Waals surface area contributed by atoms with Crippen LogP contribution < -0.4 is 10.3 Å². The summed E-state index contributed by atoms with van der Waals surface area (Å²) in [6.07, 6.45) is 4.07. The average Bonchev–Trinajstić information content (AvgIpc) is 2.28. The number of benzene rings is 1. The molecule has 0 radical (unpaired) electrons. The predicted octanol–water partition coefficient (Wildman–Crippen LogP) is 2.40. The first kappa shape index (κ1) is 12.2. The number of aryl methyl sites for hydroxylation is 3.